The summed E-state index contributed by atoms with van der Waals surface area (Å²) >= 11 is 0. The van der Waals surface area contributed by atoms with Crippen LogP contribution in [0.4, 0.5) is 0 Å². The molecule has 0 amide bonds. The summed E-state index contributed by atoms with van der Waals surface area (Å²) in [7, 11) is 0. The van der Waals surface area contributed by atoms with Gasteiger partial charge in [0.25, 0.3) is 0 Å². The number of allylic oxidation sites excluding steroid dienone is 2. The highest BCUT2D eigenvalue weighted by molar-refractivity contribution is 4.90. The molecule has 1 aliphatic heterocycles. The molecule has 0 saturated heterocycles. The SMILES string of the molecule is [C]1=CNC=CCC1. The molecule has 1 radical (unpaired) electrons. The number of nitrogens with one attached hydrogen (secondary N) is 1. The Kier molecular flexibility index (Phi) is 1.56. The van der Waals surface area contributed by atoms with E-state index >= 15 is 0 Å². The van der Waals surface area contributed by atoms with E-state index in [1.165, 1.54) is 0 Å². The van der Waals surface area contributed by atoms with E-state index in [0.29, 0.717) is 0 Å². The average molecular weight is 94.1 g/mol. The van der Waals surface area contributed by atoms with Crippen LogP contribution < -0.4 is 5.32 Å². The molecule has 0 aromatic heterocycles. The van der Waals surface area contributed by atoms with E-state index in [0.717, 1.165) is 12.8 Å². The Morgan fingerprint density at radius 2 is 2.57 bits per heavy atom. The molecule has 0 atom stereocenters. The summed E-state index contributed by atoms with van der Waals surface area (Å²) < 4.78 is 0. The summed E-state index contributed by atoms with van der Waals surface area (Å²) in [6, 6.07) is 0. The lowest BCUT2D eigenvalue weighted by atomic mass is 10.3. The van der Waals surface area contributed by atoms with Gasteiger partial charge in [-0.2, -0.15) is 0 Å². The molecule has 1 aliphatic rings. The summed E-state index contributed by atoms with van der Waals surface area (Å²) in [5.74, 6) is 0. The van der Waals surface area contributed by atoms with Crippen LogP contribution >= 0.6 is 0 Å². The van der Waals surface area contributed by atoms with Gasteiger partial charge < -0.3 is 5.32 Å². The Hall–Kier alpha value is -0.720. The smallest absolute Gasteiger partial charge is 0.00400 e. The monoisotopic (exact) mass is 94.1 g/mol. The van der Waals surface area contributed by atoms with Gasteiger partial charge in [0, 0.05) is 6.20 Å². The lowest BCUT2D eigenvalue weighted by Crippen LogP contribution is -1.87. The molecule has 0 unspecified atom stereocenters. The van der Waals surface area contributed by atoms with Gasteiger partial charge in [0.2, 0.25) is 0 Å². The molecule has 37 valence electrons. The van der Waals surface area contributed by atoms with Gasteiger partial charge in [0.15, 0.2) is 0 Å². The van der Waals surface area contributed by atoms with E-state index in [1.54, 1.807) is 0 Å². The molecule has 0 aromatic rings. The van der Waals surface area contributed by atoms with Crippen LogP contribution in [0.5, 0.6) is 0 Å². The van der Waals surface area contributed by atoms with Crippen molar-refractivity contribution in [2.24, 2.45) is 0 Å². The zero-order valence-corrected chi connectivity index (χ0v) is 4.15. The normalized spacial score (nSPS) is 18.3. The zero-order chi connectivity index (χ0) is 4.95. The molecule has 1 rings (SSSR count). The first-order valence-corrected chi connectivity index (χ1v) is 2.46. The second-order valence-electron chi connectivity index (χ2n) is 1.46. The lowest BCUT2D eigenvalue weighted by Gasteiger charge is -1.78. The van der Waals surface area contributed by atoms with Gasteiger partial charge in [-0.25, -0.2) is 0 Å². The van der Waals surface area contributed by atoms with Gasteiger partial charge in [-0.1, -0.05) is 6.08 Å². The van der Waals surface area contributed by atoms with E-state index < -0.39 is 0 Å². The highest BCUT2D eigenvalue weighted by Gasteiger charge is 1.78. The Balaban J connectivity index is 2.38. The van der Waals surface area contributed by atoms with E-state index in [9.17, 15) is 0 Å². The van der Waals surface area contributed by atoms with Crippen molar-refractivity contribution in [3.05, 3.63) is 24.6 Å². The van der Waals surface area contributed by atoms with Gasteiger partial charge >= 0.3 is 0 Å². The van der Waals surface area contributed by atoms with Crippen molar-refractivity contribution in [2.45, 2.75) is 12.8 Å². The quantitative estimate of drug-likeness (QED) is 0.475. The molecular formula is C6H8N. The minimum atomic E-state index is 1.05. The van der Waals surface area contributed by atoms with Crippen molar-refractivity contribution in [3.63, 3.8) is 0 Å². The summed E-state index contributed by atoms with van der Waals surface area (Å²) in [4.78, 5) is 0. The molecule has 1 heterocycles. The summed E-state index contributed by atoms with van der Waals surface area (Å²) in [6.45, 7) is 0. The van der Waals surface area contributed by atoms with Crippen LogP contribution in [-0.2, 0) is 0 Å². The fraction of sp³-hybridized carbons (Fsp3) is 0.333. The minimum absolute atomic E-state index is 1.05. The molecule has 0 spiro atoms. The lowest BCUT2D eigenvalue weighted by molar-refractivity contribution is 1.03. The van der Waals surface area contributed by atoms with Crippen LogP contribution in [-0.4, -0.2) is 0 Å². The van der Waals surface area contributed by atoms with Crippen LogP contribution in [0.15, 0.2) is 18.5 Å². The van der Waals surface area contributed by atoms with Crippen molar-refractivity contribution in [1.29, 1.82) is 0 Å². The van der Waals surface area contributed by atoms with Gasteiger partial charge in [-0.05, 0) is 25.1 Å². The maximum atomic E-state index is 3.05. The predicted octanol–water partition coefficient (Wildman–Crippen LogP) is 1.20. The van der Waals surface area contributed by atoms with Crippen molar-refractivity contribution in [3.8, 4) is 0 Å². The molecular weight excluding hydrogens is 86.1 g/mol. The fourth-order valence-corrected chi connectivity index (χ4v) is 0.497. The molecule has 0 saturated carbocycles. The Bertz CT molecular complexity index is 80.4. The third-order valence-electron chi connectivity index (χ3n) is 0.855. The molecule has 1 N–H and O–H groups in total. The standard InChI is InChI=1S/C6H8N/c1-2-4-6-7-5-3-1/h3,5-7H,1-2H2. The van der Waals surface area contributed by atoms with Crippen molar-refractivity contribution in [2.75, 3.05) is 0 Å². The Morgan fingerprint density at radius 1 is 1.57 bits per heavy atom. The predicted molar refractivity (Wildman–Crippen MR) is 29.3 cm³/mol. The van der Waals surface area contributed by atoms with Crippen molar-refractivity contribution >= 4 is 0 Å². The van der Waals surface area contributed by atoms with E-state index in [-0.39, 0.29) is 0 Å². The summed E-state index contributed by atoms with van der Waals surface area (Å²) in [5, 5.41) is 2.93. The van der Waals surface area contributed by atoms with Gasteiger partial charge in [0.05, 0.1) is 0 Å². The maximum absolute atomic E-state index is 3.05. The largest absolute Gasteiger partial charge is 0.368 e. The molecule has 1 heteroatoms. The van der Waals surface area contributed by atoms with Crippen molar-refractivity contribution in [1.82, 2.24) is 5.32 Å². The summed E-state index contributed by atoms with van der Waals surface area (Å²) in [5.41, 5.74) is 0. The van der Waals surface area contributed by atoms with Crippen LogP contribution in [0.2, 0.25) is 0 Å². The number of hydrogen-bond acceptors (Lipinski definition) is 1. The van der Waals surface area contributed by atoms with E-state index in [1.807, 2.05) is 12.4 Å². The average Bonchev–Trinajstić information content (AvgIpc) is 1.90. The van der Waals surface area contributed by atoms with Crippen LogP contribution in [0.3, 0.4) is 0 Å². The molecule has 0 aromatic carbocycles. The van der Waals surface area contributed by atoms with Gasteiger partial charge in [-0.15, -0.1) is 0 Å². The fourth-order valence-electron chi connectivity index (χ4n) is 0.497. The molecule has 0 aliphatic carbocycles. The number of rotatable bonds is 0. The second-order valence-corrected chi connectivity index (χ2v) is 1.46. The second kappa shape index (κ2) is 2.45. The molecule has 0 bridgehead atoms. The summed E-state index contributed by atoms with van der Waals surface area (Å²) in [6.07, 6.45) is 11.1. The first kappa shape index (κ1) is 4.44. The molecule has 0 fully saturated rings. The van der Waals surface area contributed by atoms with Crippen LogP contribution in [0.1, 0.15) is 12.8 Å². The minimum Gasteiger partial charge on any atom is -0.368 e. The first-order chi connectivity index (χ1) is 3.50. The van der Waals surface area contributed by atoms with Crippen LogP contribution in [0, 0.1) is 6.08 Å². The topological polar surface area (TPSA) is 12.0 Å². The van der Waals surface area contributed by atoms with E-state index in [2.05, 4.69) is 17.5 Å². The third-order valence-corrected chi connectivity index (χ3v) is 0.855. The van der Waals surface area contributed by atoms with Crippen molar-refractivity contribution < 1.29 is 0 Å². The highest BCUT2D eigenvalue weighted by atomic mass is 14.8. The van der Waals surface area contributed by atoms with E-state index in [4.69, 9.17) is 0 Å². The Labute approximate surface area is 43.7 Å². The maximum Gasteiger partial charge on any atom is 0.00400 e. The molecule has 7 heavy (non-hydrogen) atoms. The number of hydrogen-bond donors (Lipinski definition) is 1. The zero-order valence-electron chi connectivity index (χ0n) is 4.15. The highest BCUT2D eigenvalue weighted by Crippen LogP contribution is 1.92. The first-order valence-electron chi connectivity index (χ1n) is 2.46. The van der Waals surface area contributed by atoms with Gasteiger partial charge in [-0.3, -0.25) is 0 Å². The third kappa shape index (κ3) is 1.44. The van der Waals surface area contributed by atoms with Gasteiger partial charge in [0.1, 0.15) is 0 Å². The van der Waals surface area contributed by atoms with Crippen LogP contribution in [0.25, 0.3) is 0 Å². The Morgan fingerprint density at radius 3 is 3.57 bits per heavy atom. The molecule has 1 nitrogen and oxygen atoms in total.